The van der Waals surface area contributed by atoms with Crippen LogP contribution in [0.2, 0.25) is 0 Å². The molecule has 2 heterocycles. The van der Waals surface area contributed by atoms with Crippen LogP contribution in [0.3, 0.4) is 0 Å². The predicted octanol–water partition coefficient (Wildman–Crippen LogP) is 14.4. The molecular weight excluding hydrogens is 755 g/mol. The van der Waals surface area contributed by atoms with Crippen LogP contribution in [0.4, 0.5) is 0 Å². The largest absolute Gasteiger partial charge is 0.456 e. The second kappa shape index (κ2) is 13.4. The quantitative estimate of drug-likeness (QED) is 0.178. The number of aromatic nitrogens is 3. The van der Waals surface area contributed by atoms with Crippen molar-refractivity contribution >= 4 is 21.9 Å². The Morgan fingerprint density at radius 2 is 0.694 bits per heavy atom. The highest BCUT2D eigenvalue weighted by Crippen LogP contribution is 2.61. The Morgan fingerprint density at radius 3 is 1.34 bits per heavy atom. The van der Waals surface area contributed by atoms with Gasteiger partial charge < -0.3 is 4.42 Å². The SMILES string of the molecule is c1ccc(-c2ccc(-c3nc(-c4ccc5c(c4)C4(c6ccccc6-c6ccccc6-5)c5ccccc5-c5ccccc54)nc(-c4ccc5oc6ccccc6c5c4)n3)cc2)cc1. The molecule has 0 aliphatic heterocycles. The van der Waals surface area contributed by atoms with Crippen molar-refractivity contribution < 1.29 is 4.42 Å². The number of hydrogen-bond acceptors (Lipinski definition) is 4. The third kappa shape index (κ3) is 5.04. The third-order valence-electron chi connectivity index (χ3n) is 13.0. The van der Waals surface area contributed by atoms with Gasteiger partial charge in [-0.25, -0.2) is 15.0 Å². The van der Waals surface area contributed by atoms with Gasteiger partial charge in [-0.3, -0.25) is 0 Å². The van der Waals surface area contributed by atoms with E-state index in [9.17, 15) is 0 Å². The first kappa shape index (κ1) is 34.6. The predicted molar refractivity (Wildman–Crippen MR) is 251 cm³/mol. The van der Waals surface area contributed by atoms with E-state index in [0.717, 1.165) is 49.8 Å². The van der Waals surface area contributed by atoms with Crippen LogP contribution in [-0.4, -0.2) is 15.0 Å². The van der Waals surface area contributed by atoms with E-state index < -0.39 is 5.41 Å². The van der Waals surface area contributed by atoms with E-state index >= 15 is 0 Å². The maximum Gasteiger partial charge on any atom is 0.164 e. The van der Waals surface area contributed by atoms with Gasteiger partial charge in [-0.05, 0) is 97.1 Å². The average molecular weight is 790 g/mol. The van der Waals surface area contributed by atoms with Crippen LogP contribution in [0.5, 0.6) is 0 Å². The number of hydrogen-bond donors (Lipinski definition) is 0. The number of benzene rings is 9. The minimum absolute atomic E-state index is 0.598. The standard InChI is InChI=1S/C58H35N3O/c1-2-14-36(15-3-1)37-26-28-38(29-27-37)55-59-56(39-31-33-54-48(34-39)47-21-9-13-25-53(47)62-54)61-57(60-55)40-30-32-46-42-17-5-4-16-41(42)43-18-6-10-22-49(43)58(52(46)35-40)50-23-11-7-19-44(50)45-20-8-12-24-51(45)58/h1-35H. The molecule has 1 spiro atoms. The van der Waals surface area contributed by atoms with Crippen LogP contribution < -0.4 is 0 Å². The molecule has 0 atom stereocenters. The summed E-state index contributed by atoms with van der Waals surface area (Å²) in [5, 5.41) is 2.08. The van der Waals surface area contributed by atoms with Gasteiger partial charge in [0.1, 0.15) is 11.2 Å². The zero-order chi connectivity index (χ0) is 40.8. The average Bonchev–Trinajstić information content (AvgIpc) is 3.84. The topological polar surface area (TPSA) is 51.8 Å². The van der Waals surface area contributed by atoms with Crippen LogP contribution >= 0.6 is 0 Å². The molecule has 0 N–H and O–H groups in total. The van der Waals surface area contributed by atoms with Crippen molar-refractivity contribution in [1.82, 2.24) is 15.0 Å². The molecule has 0 unspecified atom stereocenters. The van der Waals surface area contributed by atoms with E-state index in [0.29, 0.717) is 17.5 Å². The summed E-state index contributed by atoms with van der Waals surface area (Å²) in [6.07, 6.45) is 0. The molecule has 11 aromatic rings. The number of fused-ring (bicyclic) bond motifs is 15. The second-order valence-electron chi connectivity index (χ2n) is 16.3. The van der Waals surface area contributed by atoms with Crippen molar-refractivity contribution in [2.75, 3.05) is 0 Å². The summed E-state index contributed by atoms with van der Waals surface area (Å²) in [4.78, 5) is 15.9. The van der Waals surface area contributed by atoms with Crippen molar-refractivity contribution in [2.24, 2.45) is 0 Å². The van der Waals surface area contributed by atoms with Crippen LogP contribution in [0.1, 0.15) is 22.3 Å². The zero-order valence-corrected chi connectivity index (χ0v) is 33.5. The number of rotatable bonds is 4. The van der Waals surface area contributed by atoms with Crippen LogP contribution in [0.25, 0.3) is 101 Å². The molecule has 13 rings (SSSR count). The molecule has 4 nitrogen and oxygen atoms in total. The van der Waals surface area contributed by atoms with Gasteiger partial charge >= 0.3 is 0 Å². The Kier molecular flexibility index (Phi) is 7.49. The highest BCUT2D eigenvalue weighted by atomic mass is 16.3. The molecule has 0 amide bonds. The van der Waals surface area contributed by atoms with Crippen LogP contribution in [0.15, 0.2) is 217 Å². The van der Waals surface area contributed by atoms with Crippen molar-refractivity contribution in [2.45, 2.75) is 5.41 Å². The van der Waals surface area contributed by atoms with E-state index in [1.54, 1.807) is 0 Å². The van der Waals surface area contributed by atoms with Crippen LogP contribution in [-0.2, 0) is 5.41 Å². The summed E-state index contributed by atoms with van der Waals surface area (Å²) < 4.78 is 6.23. The lowest BCUT2D eigenvalue weighted by Crippen LogP contribution is -2.29. The maximum atomic E-state index is 6.23. The smallest absolute Gasteiger partial charge is 0.164 e. The van der Waals surface area contributed by atoms with Gasteiger partial charge in [0.15, 0.2) is 17.5 Å². The molecular formula is C58H35N3O. The van der Waals surface area contributed by atoms with Gasteiger partial charge in [0.05, 0.1) is 5.41 Å². The van der Waals surface area contributed by atoms with Crippen molar-refractivity contribution in [3.63, 3.8) is 0 Å². The molecule has 0 fully saturated rings. The normalized spacial score (nSPS) is 13.0. The lowest BCUT2D eigenvalue weighted by molar-refractivity contribution is 0.669. The van der Waals surface area contributed by atoms with Crippen molar-refractivity contribution in [3.05, 3.63) is 235 Å². The summed E-state index contributed by atoms with van der Waals surface area (Å²) in [7, 11) is 0. The zero-order valence-electron chi connectivity index (χ0n) is 33.5. The Labute approximate surface area is 358 Å². The summed E-state index contributed by atoms with van der Waals surface area (Å²) in [5.74, 6) is 1.82. The molecule has 288 valence electrons. The number of furan rings is 1. The summed E-state index contributed by atoms with van der Waals surface area (Å²) in [6, 6.07) is 75.9. The summed E-state index contributed by atoms with van der Waals surface area (Å²) >= 11 is 0. The Bertz CT molecular complexity index is 3540. The van der Waals surface area contributed by atoms with E-state index in [2.05, 4.69) is 182 Å². The molecule has 62 heavy (non-hydrogen) atoms. The fraction of sp³-hybridized carbons (Fsp3) is 0.0172. The Morgan fingerprint density at radius 1 is 0.274 bits per heavy atom. The first-order valence-electron chi connectivity index (χ1n) is 21.1. The van der Waals surface area contributed by atoms with Gasteiger partial charge in [0, 0.05) is 27.5 Å². The van der Waals surface area contributed by atoms with Crippen LogP contribution in [0, 0.1) is 0 Å². The summed E-state index contributed by atoms with van der Waals surface area (Å²) in [5.41, 5.74) is 18.5. The van der Waals surface area contributed by atoms with Crippen molar-refractivity contribution in [3.8, 4) is 78.7 Å². The Balaban J connectivity index is 1.08. The molecule has 9 aromatic carbocycles. The number of nitrogens with zero attached hydrogens (tertiary/aromatic N) is 3. The fourth-order valence-electron chi connectivity index (χ4n) is 10.3. The number of para-hydroxylation sites is 1. The van der Waals surface area contributed by atoms with Gasteiger partial charge in [-0.1, -0.05) is 182 Å². The first-order chi connectivity index (χ1) is 30.7. The lowest BCUT2D eigenvalue weighted by atomic mass is 9.65. The minimum Gasteiger partial charge on any atom is -0.456 e. The molecule has 0 saturated heterocycles. The fourth-order valence-corrected chi connectivity index (χ4v) is 10.3. The molecule has 2 aromatic heterocycles. The van der Waals surface area contributed by atoms with Gasteiger partial charge in [-0.15, -0.1) is 0 Å². The first-order valence-corrected chi connectivity index (χ1v) is 21.1. The highest BCUT2D eigenvalue weighted by molar-refractivity contribution is 6.06. The molecule has 2 aliphatic carbocycles. The van der Waals surface area contributed by atoms with E-state index in [4.69, 9.17) is 19.4 Å². The molecule has 2 aliphatic rings. The maximum absolute atomic E-state index is 6.23. The van der Waals surface area contributed by atoms with Gasteiger partial charge in [0.25, 0.3) is 0 Å². The highest BCUT2D eigenvalue weighted by Gasteiger charge is 2.49. The molecule has 0 radical (unpaired) electrons. The monoisotopic (exact) mass is 789 g/mol. The van der Waals surface area contributed by atoms with Crippen molar-refractivity contribution in [1.29, 1.82) is 0 Å². The van der Waals surface area contributed by atoms with Gasteiger partial charge in [0.2, 0.25) is 0 Å². The molecule has 0 saturated carbocycles. The molecule has 4 heteroatoms. The van der Waals surface area contributed by atoms with E-state index in [1.807, 2.05) is 30.3 Å². The lowest BCUT2D eigenvalue weighted by Gasteiger charge is -2.35. The van der Waals surface area contributed by atoms with E-state index in [1.165, 1.54) is 55.6 Å². The summed E-state index contributed by atoms with van der Waals surface area (Å²) in [6.45, 7) is 0. The minimum atomic E-state index is -0.618. The van der Waals surface area contributed by atoms with Gasteiger partial charge in [-0.2, -0.15) is 0 Å². The third-order valence-corrected chi connectivity index (χ3v) is 13.0. The van der Waals surface area contributed by atoms with E-state index in [-0.39, 0.29) is 0 Å². The second-order valence-corrected chi connectivity index (χ2v) is 16.3. The molecule has 0 bridgehead atoms. The Hall–Kier alpha value is -8.21.